The van der Waals surface area contributed by atoms with Crippen molar-refractivity contribution in [3.63, 3.8) is 0 Å². The molecule has 24 heavy (non-hydrogen) atoms. The largest absolute Gasteiger partial charge is 0.449 e. The zero-order valence-corrected chi connectivity index (χ0v) is 15.4. The van der Waals surface area contributed by atoms with Gasteiger partial charge in [-0.1, -0.05) is 77.2 Å². The first-order valence-corrected chi connectivity index (χ1v) is 9.81. The van der Waals surface area contributed by atoms with Gasteiger partial charge in [0.15, 0.2) is 5.60 Å². The Labute approximate surface area is 147 Å². The Kier molecular flexibility index (Phi) is 11.0. The maximum absolute atomic E-state index is 11.4. The minimum Gasteiger partial charge on any atom is -0.449 e. The molecule has 2 N–H and O–H groups in total. The van der Waals surface area contributed by atoms with Crippen molar-refractivity contribution in [1.29, 1.82) is 0 Å². The molecule has 0 bridgehead atoms. The Hall–Kier alpha value is -0.870. The standard InChI is InChI=1S/C20H36O4/c1-2-3-4-5-6-7-8-9-10-11-12-13-14-18-15-19(23)24-20(18,16-21)17-22/h14,21-22H,2-13,15-17H2,1H3. The average molecular weight is 341 g/mol. The van der Waals surface area contributed by atoms with E-state index in [9.17, 15) is 15.0 Å². The first kappa shape index (κ1) is 21.2. The highest BCUT2D eigenvalue weighted by atomic mass is 16.6. The van der Waals surface area contributed by atoms with Gasteiger partial charge in [0.1, 0.15) is 0 Å². The van der Waals surface area contributed by atoms with Crippen LogP contribution in [0.1, 0.15) is 90.4 Å². The van der Waals surface area contributed by atoms with E-state index in [0.717, 1.165) is 18.4 Å². The number of cyclic esters (lactones) is 1. The molecular weight excluding hydrogens is 304 g/mol. The van der Waals surface area contributed by atoms with Crippen molar-refractivity contribution in [3.05, 3.63) is 11.6 Å². The third-order valence-electron chi connectivity index (χ3n) is 4.94. The van der Waals surface area contributed by atoms with Gasteiger partial charge in [-0.25, -0.2) is 0 Å². The highest BCUT2D eigenvalue weighted by Crippen LogP contribution is 2.32. The summed E-state index contributed by atoms with van der Waals surface area (Å²) in [5.74, 6) is -0.358. The van der Waals surface area contributed by atoms with Crippen LogP contribution in [0.15, 0.2) is 11.6 Å². The fourth-order valence-electron chi connectivity index (χ4n) is 3.30. The second-order valence-corrected chi connectivity index (χ2v) is 7.01. The number of esters is 1. The SMILES string of the molecule is CCCCCCCCCCCCCC=C1CC(=O)OC1(CO)CO. The number of carbonyl (C=O) groups is 1. The highest BCUT2D eigenvalue weighted by Gasteiger charge is 2.43. The molecule has 1 heterocycles. The van der Waals surface area contributed by atoms with E-state index in [-0.39, 0.29) is 25.6 Å². The highest BCUT2D eigenvalue weighted by molar-refractivity contribution is 5.77. The van der Waals surface area contributed by atoms with E-state index < -0.39 is 5.60 Å². The minimum atomic E-state index is -1.17. The molecule has 0 amide bonds. The third kappa shape index (κ3) is 7.35. The Bertz CT molecular complexity index is 372. The van der Waals surface area contributed by atoms with E-state index in [0.29, 0.717) is 0 Å². The topological polar surface area (TPSA) is 66.8 Å². The number of carbonyl (C=O) groups excluding carboxylic acids is 1. The summed E-state index contributed by atoms with van der Waals surface area (Å²) in [6, 6.07) is 0. The van der Waals surface area contributed by atoms with Gasteiger partial charge in [-0.15, -0.1) is 0 Å². The summed E-state index contributed by atoms with van der Waals surface area (Å²) >= 11 is 0. The molecule has 1 fully saturated rings. The lowest BCUT2D eigenvalue weighted by Gasteiger charge is -2.24. The van der Waals surface area contributed by atoms with Crippen molar-refractivity contribution in [1.82, 2.24) is 0 Å². The number of rotatable bonds is 14. The Morgan fingerprint density at radius 2 is 1.42 bits per heavy atom. The summed E-state index contributed by atoms with van der Waals surface area (Å²) in [7, 11) is 0. The molecule has 0 aliphatic carbocycles. The van der Waals surface area contributed by atoms with Crippen LogP contribution in [0.4, 0.5) is 0 Å². The summed E-state index contributed by atoms with van der Waals surface area (Å²) in [6.07, 6.45) is 17.5. The monoisotopic (exact) mass is 340 g/mol. The van der Waals surface area contributed by atoms with Crippen molar-refractivity contribution < 1.29 is 19.7 Å². The molecule has 1 saturated heterocycles. The van der Waals surface area contributed by atoms with Crippen molar-refractivity contribution in [2.45, 2.75) is 96.0 Å². The van der Waals surface area contributed by atoms with Crippen LogP contribution >= 0.6 is 0 Å². The smallest absolute Gasteiger partial charge is 0.311 e. The van der Waals surface area contributed by atoms with Crippen molar-refractivity contribution in [2.24, 2.45) is 0 Å². The van der Waals surface area contributed by atoms with Gasteiger partial charge in [-0.3, -0.25) is 4.79 Å². The van der Waals surface area contributed by atoms with Crippen LogP contribution in [0.2, 0.25) is 0 Å². The summed E-state index contributed by atoms with van der Waals surface area (Å²) in [5, 5.41) is 18.8. The molecule has 0 atom stereocenters. The predicted molar refractivity (Wildman–Crippen MR) is 96.8 cm³/mol. The van der Waals surface area contributed by atoms with E-state index in [1.54, 1.807) is 0 Å². The van der Waals surface area contributed by atoms with E-state index >= 15 is 0 Å². The van der Waals surface area contributed by atoms with Gasteiger partial charge >= 0.3 is 5.97 Å². The molecule has 0 aromatic carbocycles. The molecule has 0 saturated carbocycles. The second kappa shape index (κ2) is 12.5. The quantitative estimate of drug-likeness (QED) is 0.281. The minimum absolute atomic E-state index is 0.194. The number of hydrogen-bond donors (Lipinski definition) is 2. The first-order chi connectivity index (χ1) is 11.7. The van der Waals surface area contributed by atoms with Gasteiger partial charge in [0.05, 0.1) is 19.6 Å². The van der Waals surface area contributed by atoms with Crippen LogP contribution in [0.5, 0.6) is 0 Å². The predicted octanol–water partition coefficient (Wildman–Crippen LogP) is 4.28. The molecule has 1 aliphatic heterocycles. The van der Waals surface area contributed by atoms with Crippen LogP contribution in [-0.2, 0) is 9.53 Å². The molecule has 1 aliphatic rings. The lowest BCUT2D eigenvalue weighted by Crippen LogP contribution is -2.38. The van der Waals surface area contributed by atoms with E-state index in [2.05, 4.69) is 6.92 Å². The summed E-state index contributed by atoms with van der Waals surface area (Å²) < 4.78 is 5.11. The molecule has 0 radical (unpaired) electrons. The number of unbranched alkanes of at least 4 members (excludes halogenated alkanes) is 11. The molecule has 0 unspecified atom stereocenters. The molecule has 4 nitrogen and oxygen atoms in total. The van der Waals surface area contributed by atoms with Gasteiger partial charge in [0, 0.05) is 0 Å². The van der Waals surface area contributed by atoms with Gasteiger partial charge < -0.3 is 14.9 Å². The molecular formula is C20H36O4. The third-order valence-corrected chi connectivity index (χ3v) is 4.94. The zero-order chi connectivity index (χ0) is 17.7. The van der Waals surface area contributed by atoms with E-state index in [1.807, 2.05) is 6.08 Å². The molecule has 4 heteroatoms. The zero-order valence-electron chi connectivity index (χ0n) is 15.4. The average Bonchev–Trinajstić information content (AvgIpc) is 2.92. The number of aliphatic hydroxyl groups excluding tert-OH is 2. The number of ether oxygens (including phenoxy) is 1. The molecule has 0 aromatic heterocycles. The maximum Gasteiger partial charge on any atom is 0.311 e. The van der Waals surface area contributed by atoms with Crippen LogP contribution in [0.25, 0.3) is 0 Å². The summed E-state index contributed by atoms with van der Waals surface area (Å²) in [4.78, 5) is 11.4. The van der Waals surface area contributed by atoms with Gasteiger partial charge in [-0.05, 0) is 18.4 Å². The number of hydrogen-bond acceptors (Lipinski definition) is 4. The Morgan fingerprint density at radius 3 is 1.92 bits per heavy atom. The van der Waals surface area contributed by atoms with Crippen LogP contribution in [0.3, 0.4) is 0 Å². The number of allylic oxidation sites excluding steroid dienone is 1. The van der Waals surface area contributed by atoms with Crippen molar-refractivity contribution in [3.8, 4) is 0 Å². The van der Waals surface area contributed by atoms with E-state index in [4.69, 9.17) is 4.74 Å². The summed E-state index contributed by atoms with van der Waals surface area (Å²) in [6.45, 7) is 1.56. The van der Waals surface area contributed by atoms with Gasteiger partial charge in [-0.2, -0.15) is 0 Å². The van der Waals surface area contributed by atoms with Crippen LogP contribution < -0.4 is 0 Å². The summed E-state index contributed by atoms with van der Waals surface area (Å²) in [5.41, 5.74) is -0.431. The maximum atomic E-state index is 11.4. The fourth-order valence-corrected chi connectivity index (χ4v) is 3.30. The van der Waals surface area contributed by atoms with E-state index in [1.165, 1.54) is 64.2 Å². The van der Waals surface area contributed by atoms with Crippen LogP contribution in [-0.4, -0.2) is 35.0 Å². The lowest BCUT2D eigenvalue weighted by molar-refractivity contribution is -0.153. The molecule has 0 spiro atoms. The number of aliphatic hydroxyl groups is 2. The Balaban J connectivity index is 2.06. The van der Waals surface area contributed by atoms with Gasteiger partial charge in [0.25, 0.3) is 0 Å². The molecule has 1 rings (SSSR count). The normalized spacial score (nSPS) is 18.3. The van der Waals surface area contributed by atoms with Gasteiger partial charge in [0.2, 0.25) is 0 Å². The Morgan fingerprint density at radius 1 is 0.917 bits per heavy atom. The van der Waals surface area contributed by atoms with Crippen molar-refractivity contribution in [2.75, 3.05) is 13.2 Å². The fraction of sp³-hybridized carbons (Fsp3) is 0.850. The van der Waals surface area contributed by atoms with Crippen LogP contribution in [0, 0.1) is 0 Å². The molecule has 140 valence electrons. The molecule has 0 aromatic rings. The first-order valence-electron chi connectivity index (χ1n) is 9.81. The van der Waals surface area contributed by atoms with Crippen molar-refractivity contribution >= 4 is 5.97 Å². The lowest BCUT2D eigenvalue weighted by atomic mass is 9.93. The second-order valence-electron chi connectivity index (χ2n) is 7.01.